The number of halogens is 2. The van der Waals surface area contributed by atoms with Gasteiger partial charge in [-0.05, 0) is 55.7 Å². The molecule has 2 aromatic carbocycles. The minimum absolute atomic E-state index is 0.248. The van der Waals surface area contributed by atoms with Crippen LogP contribution in [0.4, 0.5) is 8.78 Å². The molecular weight excluding hydrogens is 434 g/mol. The van der Waals surface area contributed by atoms with Gasteiger partial charge in [0, 0.05) is 13.3 Å². The quantitative estimate of drug-likeness (QED) is 0.553. The van der Waals surface area contributed by atoms with Crippen LogP contribution < -0.4 is 11.1 Å². The van der Waals surface area contributed by atoms with Crippen molar-refractivity contribution in [1.29, 1.82) is 0 Å². The smallest absolute Gasteiger partial charge is 0.328 e. The van der Waals surface area contributed by atoms with Crippen molar-refractivity contribution in [3.8, 4) is 0 Å². The van der Waals surface area contributed by atoms with Gasteiger partial charge in [0.2, 0.25) is 5.91 Å². The summed E-state index contributed by atoms with van der Waals surface area (Å²) in [6, 6.07) is 10.2. The van der Waals surface area contributed by atoms with Crippen molar-refractivity contribution in [2.75, 3.05) is 13.2 Å². The van der Waals surface area contributed by atoms with Crippen LogP contribution in [0.5, 0.6) is 0 Å². The highest BCUT2D eigenvalue weighted by Crippen LogP contribution is 2.07. The second kappa shape index (κ2) is 14.7. The fourth-order valence-electron chi connectivity index (χ4n) is 2.74. The van der Waals surface area contributed by atoms with E-state index in [0.717, 1.165) is 11.1 Å². The molecule has 0 bridgehead atoms. The van der Waals surface area contributed by atoms with Gasteiger partial charge in [0.1, 0.15) is 23.7 Å². The number of carbonyl (C=O) groups excluding carboxylic acids is 3. The van der Waals surface area contributed by atoms with Crippen LogP contribution in [0.25, 0.3) is 0 Å². The number of nitrogens with two attached hydrogens (primary N) is 1. The van der Waals surface area contributed by atoms with Crippen LogP contribution in [0.15, 0.2) is 48.5 Å². The Morgan fingerprint density at radius 3 is 1.67 bits per heavy atom. The van der Waals surface area contributed by atoms with Crippen molar-refractivity contribution in [2.45, 2.75) is 45.7 Å². The summed E-state index contributed by atoms with van der Waals surface area (Å²) in [6.45, 7) is 5.31. The van der Waals surface area contributed by atoms with Crippen LogP contribution in [-0.2, 0) is 36.7 Å². The maximum Gasteiger partial charge on any atom is 0.328 e. The average molecular weight is 465 g/mol. The van der Waals surface area contributed by atoms with Crippen molar-refractivity contribution in [3.63, 3.8) is 0 Å². The summed E-state index contributed by atoms with van der Waals surface area (Å²) in [5, 5.41) is 2.52. The Balaban J connectivity index is 0.000000335. The van der Waals surface area contributed by atoms with Crippen LogP contribution >= 0.6 is 0 Å². The monoisotopic (exact) mass is 464 g/mol. The molecule has 0 heterocycles. The molecule has 9 heteroatoms. The van der Waals surface area contributed by atoms with Gasteiger partial charge in [-0.15, -0.1) is 0 Å². The highest BCUT2D eigenvalue weighted by molar-refractivity contribution is 5.83. The summed E-state index contributed by atoms with van der Waals surface area (Å²) in [4.78, 5) is 33.9. The van der Waals surface area contributed by atoms with E-state index in [9.17, 15) is 23.2 Å². The maximum absolute atomic E-state index is 12.8. The molecule has 0 radical (unpaired) electrons. The van der Waals surface area contributed by atoms with Gasteiger partial charge in [-0.3, -0.25) is 9.59 Å². The van der Waals surface area contributed by atoms with E-state index in [0.29, 0.717) is 13.0 Å². The maximum atomic E-state index is 12.8. The molecule has 0 fully saturated rings. The van der Waals surface area contributed by atoms with E-state index >= 15 is 0 Å². The van der Waals surface area contributed by atoms with E-state index in [1.165, 1.54) is 31.2 Å². The van der Waals surface area contributed by atoms with E-state index in [1.807, 2.05) is 0 Å². The van der Waals surface area contributed by atoms with Gasteiger partial charge >= 0.3 is 11.9 Å². The Hall–Kier alpha value is -3.33. The van der Waals surface area contributed by atoms with Gasteiger partial charge < -0.3 is 20.5 Å². The molecule has 7 nitrogen and oxygen atoms in total. The summed E-state index contributed by atoms with van der Waals surface area (Å²) in [6.07, 6.45) is 0.637. The lowest BCUT2D eigenvalue weighted by atomic mass is 10.1. The first kappa shape index (κ1) is 27.7. The van der Waals surface area contributed by atoms with Gasteiger partial charge in [-0.1, -0.05) is 24.3 Å². The Morgan fingerprint density at radius 2 is 1.24 bits per heavy atom. The van der Waals surface area contributed by atoms with Crippen LogP contribution in [0.2, 0.25) is 0 Å². The van der Waals surface area contributed by atoms with Gasteiger partial charge in [-0.2, -0.15) is 0 Å². The second-order valence-electron chi connectivity index (χ2n) is 7.02. The third-order valence-corrected chi connectivity index (χ3v) is 4.26. The highest BCUT2D eigenvalue weighted by atomic mass is 19.1. The SMILES string of the molecule is CCOC(=O)[C@@H](N)Cc1ccc(F)cc1.CCOC(=O)[C@H](Cc1ccc(F)cc1)NC(C)=O. The summed E-state index contributed by atoms with van der Waals surface area (Å²) < 4.78 is 35.0. The number of hydrogen-bond acceptors (Lipinski definition) is 6. The molecule has 0 unspecified atom stereocenters. The standard InChI is InChI=1S/C13H16FNO3.C11H14FNO2/c1-3-18-13(17)12(15-9(2)16)8-10-4-6-11(14)7-5-10;1-2-15-11(14)10(13)7-8-3-5-9(12)6-4-8/h4-7,12H,3,8H2,1-2H3,(H,15,16);3-6,10H,2,7,13H2,1H3/t12-;10-/m00/s1. The third-order valence-electron chi connectivity index (χ3n) is 4.26. The summed E-state index contributed by atoms with van der Waals surface area (Å²) in [5.74, 6) is -1.87. The number of carbonyl (C=O) groups is 3. The van der Waals surface area contributed by atoms with Crippen LogP contribution in [0.1, 0.15) is 31.9 Å². The number of amides is 1. The van der Waals surface area contributed by atoms with E-state index in [-0.39, 0.29) is 30.6 Å². The molecule has 3 N–H and O–H groups in total. The lowest BCUT2D eigenvalue weighted by Gasteiger charge is -2.16. The van der Waals surface area contributed by atoms with Crippen molar-refractivity contribution in [3.05, 3.63) is 71.3 Å². The molecular formula is C24H30F2N2O5. The van der Waals surface area contributed by atoms with E-state index in [2.05, 4.69) is 5.32 Å². The average Bonchev–Trinajstić information content (AvgIpc) is 2.77. The predicted molar refractivity (Wildman–Crippen MR) is 119 cm³/mol. The van der Waals surface area contributed by atoms with Crippen molar-refractivity contribution >= 4 is 17.8 Å². The largest absolute Gasteiger partial charge is 0.465 e. The Bertz CT molecular complexity index is 889. The number of ether oxygens (including phenoxy) is 2. The lowest BCUT2D eigenvalue weighted by Crippen LogP contribution is -2.42. The summed E-state index contributed by atoms with van der Waals surface area (Å²) in [7, 11) is 0. The zero-order chi connectivity index (χ0) is 24.8. The molecule has 180 valence electrons. The number of esters is 2. The molecule has 0 spiro atoms. The molecule has 0 aliphatic rings. The fraction of sp³-hybridized carbons (Fsp3) is 0.375. The predicted octanol–water partition coefficient (Wildman–Crippen LogP) is 2.69. The molecule has 0 aromatic heterocycles. The zero-order valence-corrected chi connectivity index (χ0v) is 19.0. The van der Waals surface area contributed by atoms with Crippen LogP contribution in [0.3, 0.4) is 0 Å². The lowest BCUT2D eigenvalue weighted by molar-refractivity contribution is -0.147. The van der Waals surface area contributed by atoms with Crippen molar-refractivity contribution in [1.82, 2.24) is 5.32 Å². The molecule has 0 aliphatic heterocycles. The van der Waals surface area contributed by atoms with E-state index in [4.69, 9.17) is 15.2 Å². The first-order valence-electron chi connectivity index (χ1n) is 10.5. The topological polar surface area (TPSA) is 108 Å². The highest BCUT2D eigenvalue weighted by Gasteiger charge is 2.21. The summed E-state index contributed by atoms with van der Waals surface area (Å²) in [5.41, 5.74) is 7.17. The number of benzene rings is 2. The Kier molecular flexibility index (Phi) is 12.3. The van der Waals surface area contributed by atoms with Crippen LogP contribution in [0, 0.1) is 11.6 Å². The Labute approximate surface area is 192 Å². The van der Waals surface area contributed by atoms with Gasteiger partial charge in [0.15, 0.2) is 0 Å². The minimum Gasteiger partial charge on any atom is -0.465 e. The molecule has 1 amide bonds. The zero-order valence-electron chi connectivity index (χ0n) is 19.0. The van der Waals surface area contributed by atoms with Crippen LogP contribution in [-0.4, -0.2) is 43.1 Å². The van der Waals surface area contributed by atoms with E-state index < -0.39 is 24.0 Å². The summed E-state index contributed by atoms with van der Waals surface area (Å²) >= 11 is 0. The number of rotatable bonds is 9. The van der Waals surface area contributed by atoms with Gasteiger partial charge in [-0.25, -0.2) is 13.6 Å². The molecule has 33 heavy (non-hydrogen) atoms. The Morgan fingerprint density at radius 1 is 0.818 bits per heavy atom. The molecule has 0 saturated heterocycles. The molecule has 2 atom stereocenters. The number of hydrogen-bond donors (Lipinski definition) is 2. The normalized spacial score (nSPS) is 11.9. The minimum atomic E-state index is -0.743. The van der Waals surface area contributed by atoms with Gasteiger partial charge in [0.05, 0.1) is 13.2 Å². The van der Waals surface area contributed by atoms with Crippen molar-refractivity contribution in [2.24, 2.45) is 5.73 Å². The molecule has 2 rings (SSSR count). The third kappa shape index (κ3) is 11.2. The second-order valence-corrected chi connectivity index (χ2v) is 7.02. The van der Waals surface area contributed by atoms with Crippen molar-refractivity contribution < 1.29 is 32.6 Å². The fourth-order valence-corrected chi connectivity index (χ4v) is 2.74. The van der Waals surface area contributed by atoms with Gasteiger partial charge in [0.25, 0.3) is 0 Å². The number of nitrogens with one attached hydrogen (secondary N) is 1. The molecule has 0 aliphatic carbocycles. The first-order chi connectivity index (χ1) is 15.7. The molecule has 0 saturated carbocycles. The van der Waals surface area contributed by atoms with E-state index in [1.54, 1.807) is 38.1 Å². The molecule has 2 aromatic rings. The first-order valence-corrected chi connectivity index (χ1v) is 10.5.